The van der Waals surface area contributed by atoms with Crippen LogP contribution in [0.4, 0.5) is 0 Å². The number of piperidine rings is 1. The summed E-state index contributed by atoms with van der Waals surface area (Å²) in [5, 5.41) is 3.35. The van der Waals surface area contributed by atoms with E-state index in [1.165, 1.54) is 0 Å². The average Bonchev–Trinajstić information content (AvgIpc) is 2.60. The van der Waals surface area contributed by atoms with Crippen molar-refractivity contribution in [1.82, 2.24) is 15.1 Å². The summed E-state index contributed by atoms with van der Waals surface area (Å²) in [5.41, 5.74) is 0. The summed E-state index contributed by atoms with van der Waals surface area (Å²) >= 11 is 0. The van der Waals surface area contributed by atoms with Gasteiger partial charge in [-0.2, -0.15) is 0 Å². The molecule has 2 heterocycles. The van der Waals surface area contributed by atoms with Crippen molar-refractivity contribution in [2.75, 3.05) is 39.8 Å². The predicted molar refractivity (Wildman–Crippen MR) is 73.5 cm³/mol. The Bertz CT molecular complexity index is 276. The van der Waals surface area contributed by atoms with Crippen LogP contribution in [0.15, 0.2) is 0 Å². The lowest BCUT2D eigenvalue weighted by molar-refractivity contribution is -0.138. The zero-order chi connectivity index (χ0) is 13.0. The van der Waals surface area contributed by atoms with Gasteiger partial charge in [0.2, 0.25) is 5.91 Å². The molecule has 0 radical (unpaired) electrons. The summed E-state index contributed by atoms with van der Waals surface area (Å²) < 4.78 is 0. The Morgan fingerprint density at radius 1 is 1.33 bits per heavy atom. The van der Waals surface area contributed by atoms with Gasteiger partial charge >= 0.3 is 0 Å². The molecule has 2 atom stereocenters. The molecule has 0 aliphatic carbocycles. The second-order valence-electron chi connectivity index (χ2n) is 5.75. The van der Waals surface area contributed by atoms with Gasteiger partial charge in [-0.25, -0.2) is 0 Å². The highest BCUT2D eigenvalue weighted by Crippen LogP contribution is 2.19. The number of carbonyl (C=O) groups excluding carboxylic acids is 1. The number of amides is 1. The van der Waals surface area contributed by atoms with Crippen molar-refractivity contribution < 1.29 is 4.79 Å². The first-order valence-electron chi connectivity index (χ1n) is 7.42. The zero-order valence-corrected chi connectivity index (χ0v) is 11.8. The summed E-state index contributed by atoms with van der Waals surface area (Å²) in [4.78, 5) is 17.2. The van der Waals surface area contributed by atoms with E-state index in [1.54, 1.807) is 0 Å². The average molecular weight is 253 g/mol. The maximum absolute atomic E-state index is 12.6. The van der Waals surface area contributed by atoms with Gasteiger partial charge in [0.05, 0.1) is 5.92 Å². The molecule has 104 valence electrons. The molecule has 4 nitrogen and oxygen atoms in total. The summed E-state index contributed by atoms with van der Waals surface area (Å²) in [6.07, 6.45) is 4.38. The number of nitrogens with zero attached hydrogens (tertiary/aromatic N) is 2. The highest BCUT2D eigenvalue weighted by Gasteiger charge is 2.31. The lowest BCUT2D eigenvalue weighted by atomic mass is 9.97. The number of carbonyl (C=O) groups is 1. The highest BCUT2D eigenvalue weighted by atomic mass is 16.2. The van der Waals surface area contributed by atoms with Crippen molar-refractivity contribution >= 4 is 5.91 Å². The van der Waals surface area contributed by atoms with Gasteiger partial charge in [-0.05, 0) is 45.8 Å². The quantitative estimate of drug-likeness (QED) is 0.795. The van der Waals surface area contributed by atoms with Crippen LogP contribution in [0, 0.1) is 5.92 Å². The lowest BCUT2D eigenvalue weighted by Crippen LogP contribution is -2.49. The Kier molecular flexibility index (Phi) is 5.01. The van der Waals surface area contributed by atoms with Crippen LogP contribution < -0.4 is 5.32 Å². The third-order valence-electron chi connectivity index (χ3n) is 4.30. The van der Waals surface area contributed by atoms with E-state index in [1.807, 2.05) is 0 Å². The smallest absolute Gasteiger partial charge is 0.227 e. The predicted octanol–water partition coefficient (Wildman–Crippen LogP) is 0.929. The zero-order valence-electron chi connectivity index (χ0n) is 11.8. The molecule has 2 aliphatic rings. The summed E-state index contributed by atoms with van der Waals surface area (Å²) in [6.45, 7) is 7.23. The molecule has 1 unspecified atom stereocenters. The van der Waals surface area contributed by atoms with E-state index in [2.05, 4.69) is 29.1 Å². The van der Waals surface area contributed by atoms with Gasteiger partial charge in [-0.1, -0.05) is 6.92 Å². The number of hydrogen-bond acceptors (Lipinski definition) is 3. The normalized spacial score (nSPS) is 31.1. The van der Waals surface area contributed by atoms with Gasteiger partial charge in [0, 0.05) is 25.7 Å². The molecular weight excluding hydrogens is 226 g/mol. The lowest BCUT2D eigenvalue weighted by Gasteiger charge is -2.34. The molecule has 0 aromatic carbocycles. The molecule has 1 amide bonds. The monoisotopic (exact) mass is 253 g/mol. The van der Waals surface area contributed by atoms with Crippen LogP contribution in [0.5, 0.6) is 0 Å². The van der Waals surface area contributed by atoms with Gasteiger partial charge in [0.1, 0.15) is 0 Å². The van der Waals surface area contributed by atoms with Crippen LogP contribution in [0.25, 0.3) is 0 Å². The molecule has 1 N–H and O–H groups in total. The van der Waals surface area contributed by atoms with Crippen molar-refractivity contribution in [3.63, 3.8) is 0 Å². The Balaban J connectivity index is 2.01. The third kappa shape index (κ3) is 3.23. The van der Waals surface area contributed by atoms with Crippen molar-refractivity contribution in [1.29, 1.82) is 0 Å². The fraction of sp³-hybridized carbons (Fsp3) is 0.929. The van der Waals surface area contributed by atoms with Gasteiger partial charge < -0.3 is 15.1 Å². The molecule has 0 aromatic rings. The van der Waals surface area contributed by atoms with Gasteiger partial charge in [0.15, 0.2) is 0 Å². The SMILES string of the molecule is CCC1CN(C)CCCN1C(=O)[C@@H]1CCCNC1. The third-order valence-corrected chi connectivity index (χ3v) is 4.30. The van der Waals surface area contributed by atoms with Crippen LogP contribution >= 0.6 is 0 Å². The van der Waals surface area contributed by atoms with Gasteiger partial charge in [-0.3, -0.25) is 4.79 Å². The standard InChI is InChI=1S/C14H27N3O/c1-3-13-11-16(2)8-5-9-17(13)14(18)12-6-4-7-15-10-12/h12-13,15H,3-11H2,1-2H3/t12-,13?/m1/s1. The second-order valence-corrected chi connectivity index (χ2v) is 5.75. The van der Waals surface area contributed by atoms with E-state index in [0.717, 1.165) is 58.4 Å². The molecule has 18 heavy (non-hydrogen) atoms. The maximum atomic E-state index is 12.6. The van der Waals surface area contributed by atoms with E-state index in [9.17, 15) is 4.79 Å². The molecule has 2 fully saturated rings. The summed E-state index contributed by atoms with van der Waals surface area (Å²) in [5.74, 6) is 0.612. The minimum Gasteiger partial charge on any atom is -0.338 e. The molecule has 0 spiro atoms. The molecule has 0 bridgehead atoms. The van der Waals surface area contributed by atoms with Gasteiger partial charge in [0.25, 0.3) is 0 Å². The number of rotatable bonds is 2. The minimum absolute atomic E-state index is 0.219. The van der Waals surface area contributed by atoms with Crippen LogP contribution in [-0.2, 0) is 4.79 Å². The molecule has 2 saturated heterocycles. The minimum atomic E-state index is 0.219. The van der Waals surface area contributed by atoms with Crippen molar-refractivity contribution in [2.45, 2.75) is 38.6 Å². The molecule has 0 aromatic heterocycles. The fourth-order valence-electron chi connectivity index (χ4n) is 3.18. The van der Waals surface area contributed by atoms with E-state index in [4.69, 9.17) is 0 Å². The van der Waals surface area contributed by atoms with E-state index in [0.29, 0.717) is 11.9 Å². The maximum Gasteiger partial charge on any atom is 0.227 e. The molecule has 2 aliphatic heterocycles. The van der Waals surface area contributed by atoms with E-state index >= 15 is 0 Å². The van der Waals surface area contributed by atoms with Crippen molar-refractivity contribution in [2.24, 2.45) is 5.92 Å². The van der Waals surface area contributed by atoms with Gasteiger partial charge in [-0.15, -0.1) is 0 Å². The molecule has 4 heteroatoms. The van der Waals surface area contributed by atoms with Crippen LogP contribution in [0.2, 0.25) is 0 Å². The fourth-order valence-corrected chi connectivity index (χ4v) is 3.18. The van der Waals surface area contributed by atoms with Crippen molar-refractivity contribution in [3.05, 3.63) is 0 Å². The molecule has 0 saturated carbocycles. The number of hydrogen-bond donors (Lipinski definition) is 1. The topological polar surface area (TPSA) is 35.6 Å². The Morgan fingerprint density at radius 3 is 2.83 bits per heavy atom. The Labute approximate surface area is 111 Å². The second kappa shape index (κ2) is 6.53. The Morgan fingerprint density at radius 2 is 2.17 bits per heavy atom. The van der Waals surface area contributed by atoms with Crippen LogP contribution in [0.1, 0.15) is 32.6 Å². The van der Waals surface area contributed by atoms with Crippen LogP contribution in [-0.4, -0.2) is 61.5 Å². The van der Waals surface area contributed by atoms with Crippen LogP contribution in [0.3, 0.4) is 0 Å². The van der Waals surface area contributed by atoms with E-state index in [-0.39, 0.29) is 5.92 Å². The Hall–Kier alpha value is -0.610. The first kappa shape index (κ1) is 13.8. The molecular formula is C14H27N3O. The first-order chi connectivity index (χ1) is 8.72. The first-order valence-corrected chi connectivity index (χ1v) is 7.42. The van der Waals surface area contributed by atoms with E-state index < -0.39 is 0 Å². The highest BCUT2D eigenvalue weighted by molar-refractivity contribution is 5.79. The number of nitrogens with one attached hydrogen (secondary N) is 1. The number of likely N-dealkylation sites (N-methyl/N-ethyl adjacent to an activating group) is 1. The van der Waals surface area contributed by atoms with Crippen molar-refractivity contribution in [3.8, 4) is 0 Å². The summed E-state index contributed by atoms with van der Waals surface area (Å²) in [6, 6.07) is 0.409. The summed E-state index contributed by atoms with van der Waals surface area (Å²) in [7, 11) is 2.17. The molecule has 2 rings (SSSR count). The largest absolute Gasteiger partial charge is 0.338 e.